The van der Waals surface area contributed by atoms with Crippen LogP contribution in [0.5, 0.6) is 0 Å². The molecular formula is C22H29N5O. The summed E-state index contributed by atoms with van der Waals surface area (Å²) in [6, 6.07) is 12.1. The van der Waals surface area contributed by atoms with Gasteiger partial charge in [-0.3, -0.25) is 4.90 Å². The van der Waals surface area contributed by atoms with Crippen LogP contribution in [0.15, 0.2) is 36.7 Å². The van der Waals surface area contributed by atoms with E-state index in [4.69, 9.17) is 4.74 Å². The molecule has 1 unspecified atom stereocenters. The van der Waals surface area contributed by atoms with Crippen LogP contribution in [0.2, 0.25) is 0 Å². The van der Waals surface area contributed by atoms with Gasteiger partial charge in [0.15, 0.2) is 0 Å². The van der Waals surface area contributed by atoms with Crippen molar-refractivity contribution in [3.05, 3.63) is 47.8 Å². The normalized spacial score (nSPS) is 23.6. The SMILES string of the molecule is c1ccc2c(c1)CC(N1CCCC(Nc3cc(N4CCOCC4)ncn3)C1)C2. The molecule has 5 rings (SSSR count). The Morgan fingerprint density at radius 1 is 1.00 bits per heavy atom. The Kier molecular flexibility index (Phi) is 5.14. The highest BCUT2D eigenvalue weighted by Crippen LogP contribution is 2.28. The Hall–Kier alpha value is -2.18. The number of likely N-dealkylation sites (tertiary alicyclic amines) is 1. The maximum absolute atomic E-state index is 5.45. The van der Waals surface area contributed by atoms with Gasteiger partial charge < -0.3 is 15.0 Å². The molecule has 0 bridgehead atoms. The molecule has 0 spiro atoms. The first-order chi connectivity index (χ1) is 13.8. The van der Waals surface area contributed by atoms with Gasteiger partial charge in [-0.25, -0.2) is 9.97 Å². The van der Waals surface area contributed by atoms with E-state index in [0.29, 0.717) is 12.1 Å². The van der Waals surface area contributed by atoms with Crippen LogP contribution >= 0.6 is 0 Å². The van der Waals surface area contributed by atoms with Gasteiger partial charge in [0.2, 0.25) is 0 Å². The molecule has 1 aromatic heterocycles. The van der Waals surface area contributed by atoms with E-state index in [9.17, 15) is 0 Å². The summed E-state index contributed by atoms with van der Waals surface area (Å²) in [5.41, 5.74) is 3.07. The largest absolute Gasteiger partial charge is 0.378 e. The summed E-state index contributed by atoms with van der Waals surface area (Å²) in [5.74, 6) is 1.94. The highest BCUT2D eigenvalue weighted by atomic mass is 16.5. The van der Waals surface area contributed by atoms with Crippen molar-refractivity contribution >= 4 is 11.6 Å². The van der Waals surface area contributed by atoms with Crippen molar-refractivity contribution in [2.45, 2.75) is 37.8 Å². The van der Waals surface area contributed by atoms with E-state index in [0.717, 1.165) is 44.5 Å². The number of benzene rings is 1. The molecule has 2 aromatic rings. The number of nitrogens with one attached hydrogen (secondary N) is 1. The molecule has 2 fully saturated rings. The van der Waals surface area contributed by atoms with Crippen LogP contribution < -0.4 is 10.2 Å². The molecule has 2 saturated heterocycles. The average molecular weight is 380 g/mol. The van der Waals surface area contributed by atoms with Gasteiger partial charge in [-0.2, -0.15) is 0 Å². The molecule has 1 aliphatic carbocycles. The van der Waals surface area contributed by atoms with Crippen LogP contribution in [-0.2, 0) is 17.6 Å². The van der Waals surface area contributed by atoms with Crippen molar-refractivity contribution in [2.24, 2.45) is 0 Å². The average Bonchev–Trinajstić information content (AvgIpc) is 3.19. The number of ether oxygens (including phenoxy) is 1. The third-order valence-electron chi connectivity index (χ3n) is 6.34. The van der Waals surface area contributed by atoms with E-state index in [1.165, 1.54) is 43.4 Å². The number of nitrogens with zero attached hydrogens (tertiary/aromatic N) is 4. The lowest BCUT2D eigenvalue weighted by molar-refractivity contribution is 0.122. The van der Waals surface area contributed by atoms with E-state index in [-0.39, 0.29) is 0 Å². The van der Waals surface area contributed by atoms with Gasteiger partial charge in [-0.15, -0.1) is 0 Å². The highest BCUT2D eigenvalue weighted by molar-refractivity contribution is 5.49. The fraction of sp³-hybridized carbons (Fsp3) is 0.545. The molecule has 6 nitrogen and oxygen atoms in total. The molecule has 0 radical (unpaired) electrons. The molecule has 3 aliphatic rings. The van der Waals surface area contributed by atoms with Crippen molar-refractivity contribution in [1.29, 1.82) is 0 Å². The number of hydrogen-bond donors (Lipinski definition) is 1. The fourth-order valence-electron chi connectivity index (χ4n) is 4.85. The molecule has 28 heavy (non-hydrogen) atoms. The van der Waals surface area contributed by atoms with Crippen molar-refractivity contribution in [3.63, 3.8) is 0 Å². The van der Waals surface area contributed by atoms with Gasteiger partial charge in [0.25, 0.3) is 0 Å². The molecular weight excluding hydrogens is 350 g/mol. The summed E-state index contributed by atoms with van der Waals surface area (Å²) >= 11 is 0. The standard InChI is InChI=1S/C22H29N5O/c1-2-5-18-13-20(12-17(18)4-1)27-7-3-6-19(15-27)25-21-14-22(24-16-23-21)26-8-10-28-11-9-26/h1-2,4-5,14,16,19-20H,3,6-13,15H2,(H,23,24,25). The minimum absolute atomic E-state index is 0.449. The minimum atomic E-state index is 0.449. The van der Waals surface area contributed by atoms with Crippen LogP contribution in [0.1, 0.15) is 24.0 Å². The molecule has 0 saturated carbocycles. The minimum Gasteiger partial charge on any atom is -0.378 e. The predicted octanol–water partition coefficient (Wildman–Crippen LogP) is 2.36. The van der Waals surface area contributed by atoms with Crippen LogP contribution in [0.3, 0.4) is 0 Å². The first-order valence-corrected chi connectivity index (χ1v) is 10.6. The second-order valence-electron chi connectivity index (χ2n) is 8.17. The van der Waals surface area contributed by atoms with Crippen LogP contribution in [0, 0.1) is 0 Å². The lowest BCUT2D eigenvalue weighted by Gasteiger charge is -2.37. The molecule has 3 heterocycles. The van der Waals surface area contributed by atoms with E-state index < -0.39 is 0 Å². The van der Waals surface area contributed by atoms with Gasteiger partial charge in [-0.05, 0) is 43.4 Å². The summed E-state index contributed by atoms with van der Waals surface area (Å²) in [5, 5.41) is 3.68. The van der Waals surface area contributed by atoms with Crippen molar-refractivity contribution < 1.29 is 4.74 Å². The van der Waals surface area contributed by atoms with Gasteiger partial charge in [-0.1, -0.05) is 24.3 Å². The molecule has 6 heteroatoms. The number of piperidine rings is 1. The van der Waals surface area contributed by atoms with Crippen LogP contribution in [-0.4, -0.2) is 66.3 Å². The summed E-state index contributed by atoms with van der Waals surface area (Å²) < 4.78 is 5.45. The van der Waals surface area contributed by atoms with Crippen LogP contribution in [0.25, 0.3) is 0 Å². The zero-order valence-electron chi connectivity index (χ0n) is 16.4. The van der Waals surface area contributed by atoms with E-state index in [1.54, 1.807) is 6.33 Å². The number of morpholine rings is 1. The van der Waals surface area contributed by atoms with E-state index in [1.807, 2.05) is 0 Å². The Balaban J connectivity index is 1.22. The highest BCUT2D eigenvalue weighted by Gasteiger charge is 2.30. The van der Waals surface area contributed by atoms with E-state index >= 15 is 0 Å². The Bertz CT molecular complexity index is 782. The van der Waals surface area contributed by atoms with Gasteiger partial charge in [0.05, 0.1) is 13.2 Å². The number of fused-ring (bicyclic) bond motifs is 1. The summed E-state index contributed by atoms with van der Waals surface area (Å²) in [7, 11) is 0. The third-order valence-corrected chi connectivity index (χ3v) is 6.34. The zero-order chi connectivity index (χ0) is 18.8. The fourth-order valence-corrected chi connectivity index (χ4v) is 4.85. The monoisotopic (exact) mass is 379 g/mol. The molecule has 0 amide bonds. The quantitative estimate of drug-likeness (QED) is 0.880. The van der Waals surface area contributed by atoms with Crippen LogP contribution in [0.4, 0.5) is 11.6 Å². The molecule has 1 aromatic carbocycles. The Morgan fingerprint density at radius 3 is 2.57 bits per heavy atom. The second kappa shape index (κ2) is 8.05. The summed E-state index contributed by atoms with van der Waals surface area (Å²) in [4.78, 5) is 13.9. The first-order valence-electron chi connectivity index (χ1n) is 10.6. The zero-order valence-corrected chi connectivity index (χ0v) is 16.4. The predicted molar refractivity (Wildman–Crippen MR) is 111 cm³/mol. The maximum atomic E-state index is 5.45. The molecule has 1 atom stereocenters. The van der Waals surface area contributed by atoms with Gasteiger partial charge in [0.1, 0.15) is 18.0 Å². The Labute approximate surface area is 166 Å². The topological polar surface area (TPSA) is 53.5 Å². The maximum Gasteiger partial charge on any atom is 0.134 e. The number of anilines is 2. The third kappa shape index (κ3) is 3.84. The number of rotatable bonds is 4. The van der Waals surface area contributed by atoms with E-state index in [2.05, 4.69) is 55.4 Å². The molecule has 148 valence electrons. The number of aromatic nitrogens is 2. The Morgan fingerprint density at radius 2 is 1.79 bits per heavy atom. The summed E-state index contributed by atoms with van der Waals surface area (Å²) in [6.45, 7) is 5.64. The lowest BCUT2D eigenvalue weighted by atomic mass is 10.0. The first kappa shape index (κ1) is 17.9. The lowest BCUT2D eigenvalue weighted by Crippen LogP contribution is -2.47. The van der Waals surface area contributed by atoms with Crippen molar-refractivity contribution in [1.82, 2.24) is 14.9 Å². The summed E-state index contributed by atoms with van der Waals surface area (Å²) in [6.07, 6.45) is 6.51. The van der Waals surface area contributed by atoms with Crippen molar-refractivity contribution in [2.75, 3.05) is 49.6 Å². The van der Waals surface area contributed by atoms with Crippen molar-refractivity contribution in [3.8, 4) is 0 Å². The smallest absolute Gasteiger partial charge is 0.134 e. The molecule has 1 N–H and O–H groups in total. The number of hydrogen-bond acceptors (Lipinski definition) is 6. The molecule has 2 aliphatic heterocycles. The van der Waals surface area contributed by atoms with Gasteiger partial charge >= 0.3 is 0 Å². The second-order valence-corrected chi connectivity index (χ2v) is 8.17. The van der Waals surface area contributed by atoms with Gasteiger partial charge in [0, 0.05) is 37.8 Å².